The Morgan fingerprint density at radius 3 is 2.21 bits per heavy atom. The predicted octanol–water partition coefficient (Wildman–Crippen LogP) is 7.23. The van der Waals surface area contributed by atoms with Crippen molar-refractivity contribution in [3.8, 4) is 5.75 Å². The van der Waals surface area contributed by atoms with E-state index < -0.39 is 28.0 Å². The van der Waals surface area contributed by atoms with Gasteiger partial charge in [0.25, 0.3) is 5.91 Å². The summed E-state index contributed by atoms with van der Waals surface area (Å²) in [5, 5.41) is 10.9. The first-order valence-electron chi connectivity index (χ1n) is 9.45. The van der Waals surface area contributed by atoms with E-state index in [0.29, 0.717) is 21.9 Å². The number of thioether (sulfide) groups is 1. The Bertz CT molecular complexity index is 1300. The van der Waals surface area contributed by atoms with Gasteiger partial charge in [0.15, 0.2) is 5.78 Å². The molecule has 0 saturated heterocycles. The van der Waals surface area contributed by atoms with Gasteiger partial charge < -0.3 is 15.2 Å². The third kappa shape index (κ3) is 5.62. The van der Waals surface area contributed by atoms with Crippen LogP contribution in [0.1, 0.15) is 31.1 Å². The average molecular weight is 559 g/mol. The van der Waals surface area contributed by atoms with Crippen molar-refractivity contribution in [1.29, 1.82) is 0 Å². The molecule has 2 N–H and O–H groups in total. The van der Waals surface area contributed by atoms with Gasteiger partial charge in [0, 0.05) is 10.6 Å². The van der Waals surface area contributed by atoms with Crippen LogP contribution >= 0.6 is 58.2 Å². The smallest absolute Gasteiger partial charge is 0.338 e. The molecule has 0 unspecified atom stereocenters. The number of carboxylic acids is 1. The van der Waals surface area contributed by atoms with E-state index in [0.717, 1.165) is 0 Å². The molecule has 0 aliphatic carbocycles. The standard InChI is InChI=1S/C23H15Cl4NO5S/c1-33-15-8-3-2-7-13(15)14(29)10-34-12-6-4-5-11(9-12)28-22(30)16-17(23(31)32)19(25)21(27)20(26)18(16)24/h2-9H,10H2,1H3,(H,28,30)(H,31,32). The fourth-order valence-corrected chi connectivity index (χ4v) is 4.86. The first kappa shape index (κ1) is 26.2. The molecular weight excluding hydrogens is 544 g/mol. The molecule has 0 fully saturated rings. The highest BCUT2D eigenvalue weighted by Gasteiger charge is 2.29. The Hall–Kier alpha value is -2.42. The number of Topliss-reactive ketones (excluding diaryl/α,β-unsaturated/α-hetero) is 1. The number of carboxylic acid groups (broad SMARTS) is 1. The van der Waals surface area contributed by atoms with Crippen molar-refractivity contribution < 1.29 is 24.2 Å². The number of benzene rings is 3. The monoisotopic (exact) mass is 557 g/mol. The normalized spacial score (nSPS) is 10.6. The van der Waals surface area contributed by atoms with E-state index >= 15 is 0 Å². The van der Waals surface area contributed by atoms with Crippen LogP contribution in [-0.2, 0) is 0 Å². The van der Waals surface area contributed by atoms with Crippen molar-refractivity contribution in [2.45, 2.75) is 4.90 Å². The first-order valence-corrected chi connectivity index (χ1v) is 11.9. The van der Waals surface area contributed by atoms with E-state index in [4.69, 9.17) is 51.1 Å². The van der Waals surface area contributed by atoms with Crippen LogP contribution in [0.25, 0.3) is 0 Å². The van der Waals surface area contributed by atoms with Crippen LogP contribution in [0, 0.1) is 0 Å². The Morgan fingerprint density at radius 2 is 1.56 bits per heavy atom. The highest BCUT2D eigenvalue weighted by Crippen LogP contribution is 2.42. The van der Waals surface area contributed by atoms with Crippen LogP contribution in [0.4, 0.5) is 5.69 Å². The largest absolute Gasteiger partial charge is 0.496 e. The van der Waals surface area contributed by atoms with Gasteiger partial charge in [0.05, 0.1) is 49.6 Å². The summed E-state index contributed by atoms with van der Waals surface area (Å²) >= 11 is 25.3. The number of hydrogen-bond donors (Lipinski definition) is 2. The number of anilines is 1. The number of aromatic carboxylic acids is 1. The van der Waals surface area contributed by atoms with Gasteiger partial charge in [0.1, 0.15) is 5.75 Å². The van der Waals surface area contributed by atoms with Crippen LogP contribution in [-0.4, -0.2) is 35.6 Å². The molecule has 3 aromatic carbocycles. The number of amides is 1. The molecule has 0 aliphatic heterocycles. The van der Waals surface area contributed by atoms with Gasteiger partial charge in [-0.2, -0.15) is 0 Å². The summed E-state index contributed by atoms with van der Waals surface area (Å²) in [5.74, 6) is -1.83. The highest BCUT2D eigenvalue weighted by atomic mass is 35.5. The van der Waals surface area contributed by atoms with Gasteiger partial charge in [-0.1, -0.05) is 64.6 Å². The maximum atomic E-state index is 12.9. The van der Waals surface area contributed by atoms with Crippen molar-refractivity contribution in [2.75, 3.05) is 18.2 Å². The van der Waals surface area contributed by atoms with Crippen LogP contribution in [0.5, 0.6) is 5.75 Å². The maximum absolute atomic E-state index is 12.9. The van der Waals surface area contributed by atoms with E-state index in [-0.39, 0.29) is 26.6 Å². The molecule has 0 saturated carbocycles. The molecule has 0 spiro atoms. The minimum Gasteiger partial charge on any atom is -0.496 e. The second kappa shape index (κ2) is 11.3. The highest BCUT2D eigenvalue weighted by molar-refractivity contribution is 8.00. The SMILES string of the molecule is COc1ccccc1C(=O)CSc1cccc(NC(=O)c2c(Cl)c(Cl)c(Cl)c(Cl)c2C(=O)O)c1. The van der Waals surface area contributed by atoms with E-state index in [1.807, 2.05) is 0 Å². The summed E-state index contributed by atoms with van der Waals surface area (Å²) in [6.07, 6.45) is 0. The average Bonchev–Trinajstić information content (AvgIpc) is 2.83. The third-order valence-corrected chi connectivity index (χ3v) is 7.37. The van der Waals surface area contributed by atoms with Crippen molar-refractivity contribution in [1.82, 2.24) is 0 Å². The van der Waals surface area contributed by atoms with Gasteiger partial charge in [-0.15, -0.1) is 11.8 Å². The van der Waals surface area contributed by atoms with Gasteiger partial charge >= 0.3 is 5.97 Å². The molecule has 3 rings (SSSR count). The molecule has 6 nitrogen and oxygen atoms in total. The lowest BCUT2D eigenvalue weighted by Gasteiger charge is -2.14. The summed E-state index contributed by atoms with van der Waals surface area (Å²) in [5.41, 5.74) is -0.173. The lowest BCUT2D eigenvalue weighted by atomic mass is 10.1. The Balaban J connectivity index is 1.81. The third-order valence-electron chi connectivity index (χ3n) is 4.58. The molecule has 0 bridgehead atoms. The summed E-state index contributed by atoms with van der Waals surface area (Å²) in [7, 11) is 1.49. The zero-order valence-corrected chi connectivity index (χ0v) is 21.2. The number of ether oxygens (including phenoxy) is 1. The molecule has 11 heteroatoms. The second-order valence-corrected chi connectivity index (χ2v) is 9.27. The molecule has 0 atom stereocenters. The molecule has 176 valence electrons. The number of nitrogens with one attached hydrogen (secondary N) is 1. The number of para-hydroxylation sites is 1. The van der Waals surface area contributed by atoms with E-state index in [1.165, 1.54) is 18.9 Å². The molecule has 1 amide bonds. The van der Waals surface area contributed by atoms with Crippen LogP contribution < -0.4 is 10.1 Å². The van der Waals surface area contributed by atoms with Crippen LogP contribution in [0.3, 0.4) is 0 Å². The molecular formula is C23H15Cl4NO5S. The fourth-order valence-electron chi connectivity index (χ4n) is 3.00. The van der Waals surface area contributed by atoms with Gasteiger partial charge in [-0.05, 0) is 30.3 Å². The molecule has 0 aromatic heterocycles. The Morgan fingerprint density at radius 1 is 0.912 bits per heavy atom. The van der Waals surface area contributed by atoms with Crippen molar-refractivity contribution >= 4 is 81.5 Å². The lowest BCUT2D eigenvalue weighted by Crippen LogP contribution is -2.18. The van der Waals surface area contributed by atoms with Gasteiger partial charge in [-0.25, -0.2) is 4.79 Å². The number of carbonyl (C=O) groups is 3. The summed E-state index contributed by atoms with van der Waals surface area (Å²) < 4.78 is 5.23. The minimum absolute atomic E-state index is 0.125. The number of methoxy groups -OCH3 is 1. The van der Waals surface area contributed by atoms with E-state index in [1.54, 1.807) is 48.5 Å². The van der Waals surface area contributed by atoms with E-state index in [2.05, 4.69) is 5.32 Å². The first-order chi connectivity index (χ1) is 16.1. The van der Waals surface area contributed by atoms with Crippen molar-refractivity contribution in [3.63, 3.8) is 0 Å². The van der Waals surface area contributed by atoms with E-state index in [9.17, 15) is 19.5 Å². The molecule has 0 radical (unpaired) electrons. The second-order valence-electron chi connectivity index (χ2n) is 6.71. The number of hydrogen-bond acceptors (Lipinski definition) is 5. The lowest BCUT2D eigenvalue weighted by molar-refractivity contribution is 0.0692. The Kier molecular flexibility index (Phi) is 8.73. The number of rotatable bonds is 8. The molecule has 0 aliphatic rings. The number of ketones is 1. The van der Waals surface area contributed by atoms with Crippen molar-refractivity contribution in [3.05, 3.63) is 85.3 Å². The molecule has 34 heavy (non-hydrogen) atoms. The summed E-state index contributed by atoms with van der Waals surface area (Å²) in [6, 6.07) is 13.6. The zero-order chi connectivity index (χ0) is 25.0. The number of carbonyl (C=O) groups excluding carboxylic acids is 2. The quantitative estimate of drug-likeness (QED) is 0.131. The van der Waals surface area contributed by atoms with Gasteiger partial charge in [0.2, 0.25) is 0 Å². The summed E-state index contributed by atoms with van der Waals surface area (Å²) in [6.45, 7) is 0. The topological polar surface area (TPSA) is 92.7 Å². The fraction of sp³-hybridized carbons (Fsp3) is 0.0870. The van der Waals surface area contributed by atoms with Crippen molar-refractivity contribution in [2.24, 2.45) is 0 Å². The number of halogens is 4. The Labute approximate surface area is 219 Å². The summed E-state index contributed by atoms with van der Waals surface area (Å²) in [4.78, 5) is 37.9. The minimum atomic E-state index is -1.49. The predicted molar refractivity (Wildman–Crippen MR) is 136 cm³/mol. The zero-order valence-electron chi connectivity index (χ0n) is 17.3. The maximum Gasteiger partial charge on any atom is 0.338 e. The van der Waals surface area contributed by atoms with Gasteiger partial charge in [-0.3, -0.25) is 9.59 Å². The van der Waals surface area contributed by atoms with Crippen LogP contribution in [0.15, 0.2) is 53.4 Å². The molecule has 3 aromatic rings. The molecule has 0 heterocycles. The van der Waals surface area contributed by atoms with Crippen LogP contribution in [0.2, 0.25) is 20.1 Å².